The van der Waals surface area contributed by atoms with Crippen molar-refractivity contribution in [2.45, 2.75) is 44.4 Å². The molecule has 0 aromatic heterocycles. The van der Waals surface area contributed by atoms with Gasteiger partial charge in [-0.1, -0.05) is 31.0 Å². The van der Waals surface area contributed by atoms with E-state index in [9.17, 15) is 26.4 Å². The first-order valence-corrected chi connectivity index (χ1v) is 10.2. The van der Waals surface area contributed by atoms with Crippen molar-refractivity contribution >= 4 is 15.8 Å². The van der Waals surface area contributed by atoms with Crippen molar-refractivity contribution in [1.82, 2.24) is 4.90 Å². The van der Waals surface area contributed by atoms with Crippen molar-refractivity contribution < 1.29 is 31.5 Å². The normalized spacial score (nSPS) is 16.3. The molecule has 9 heteroatoms. The third kappa shape index (κ3) is 5.98. The Bertz CT molecular complexity index is 728. The van der Waals surface area contributed by atoms with Crippen LogP contribution < -0.4 is 0 Å². The topological polar surface area (TPSA) is 74.7 Å². The maximum absolute atomic E-state index is 13.2. The number of carboxylic acids is 1. The van der Waals surface area contributed by atoms with Crippen molar-refractivity contribution in [3.8, 4) is 0 Å². The molecule has 0 radical (unpaired) electrons. The first-order chi connectivity index (χ1) is 12.1. The molecule has 1 aliphatic carbocycles. The lowest BCUT2D eigenvalue weighted by molar-refractivity contribution is -0.138. The highest BCUT2D eigenvalue weighted by molar-refractivity contribution is 7.92. The molecule has 1 aromatic carbocycles. The van der Waals surface area contributed by atoms with Gasteiger partial charge in [0.25, 0.3) is 0 Å². The summed E-state index contributed by atoms with van der Waals surface area (Å²) in [6.07, 6.45) is -0.985. The number of sulfone groups is 1. The van der Waals surface area contributed by atoms with Gasteiger partial charge < -0.3 is 5.11 Å². The second-order valence-corrected chi connectivity index (χ2v) is 8.73. The van der Waals surface area contributed by atoms with E-state index in [2.05, 4.69) is 0 Å². The van der Waals surface area contributed by atoms with Gasteiger partial charge in [-0.2, -0.15) is 13.2 Å². The SMILES string of the molecule is O=C(O)CS(=O)(=O)CCN(Cc1ccccc1C(F)(F)F)C1CCCC1. The molecule has 146 valence electrons. The lowest BCUT2D eigenvalue weighted by atomic mass is 10.1. The quantitative estimate of drug-likeness (QED) is 0.735. The summed E-state index contributed by atoms with van der Waals surface area (Å²) in [4.78, 5) is 12.4. The highest BCUT2D eigenvalue weighted by atomic mass is 32.2. The third-order valence-electron chi connectivity index (χ3n) is 4.57. The molecule has 0 heterocycles. The molecule has 0 spiro atoms. The van der Waals surface area contributed by atoms with Gasteiger partial charge in [-0.05, 0) is 24.5 Å². The zero-order chi connectivity index (χ0) is 19.4. The van der Waals surface area contributed by atoms with E-state index in [0.717, 1.165) is 31.7 Å². The molecule has 1 aliphatic rings. The van der Waals surface area contributed by atoms with Crippen LogP contribution in [0.4, 0.5) is 13.2 Å². The standard InChI is InChI=1S/C17H22F3NO4S/c18-17(19,20)15-8-4-1-5-13(15)11-21(14-6-2-3-7-14)9-10-26(24,25)12-16(22)23/h1,4-5,8,14H,2-3,6-7,9-12H2,(H,22,23). The van der Waals surface area contributed by atoms with Crippen molar-refractivity contribution in [1.29, 1.82) is 0 Å². The smallest absolute Gasteiger partial charge is 0.416 e. The number of rotatable bonds is 8. The molecule has 5 nitrogen and oxygen atoms in total. The van der Waals surface area contributed by atoms with Crippen molar-refractivity contribution in [2.24, 2.45) is 0 Å². The highest BCUT2D eigenvalue weighted by Gasteiger charge is 2.34. The number of benzene rings is 1. The molecular formula is C17H22F3NO4S. The zero-order valence-corrected chi connectivity index (χ0v) is 15.0. The Morgan fingerprint density at radius 3 is 2.38 bits per heavy atom. The lowest BCUT2D eigenvalue weighted by Crippen LogP contribution is -2.38. The maximum Gasteiger partial charge on any atom is 0.416 e. The van der Waals surface area contributed by atoms with Gasteiger partial charge in [0, 0.05) is 19.1 Å². The minimum atomic E-state index is -4.48. The molecule has 1 aromatic rings. The van der Waals surface area contributed by atoms with Crippen molar-refractivity contribution in [3.63, 3.8) is 0 Å². The summed E-state index contributed by atoms with van der Waals surface area (Å²) in [5.74, 6) is -2.78. The molecule has 1 fully saturated rings. The van der Waals surface area contributed by atoms with Crippen LogP contribution in [0, 0.1) is 0 Å². The number of halogens is 3. The molecule has 0 aliphatic heterocycles. The molecule has 0 bridgehead atoms. The maximum atomic E-state index is 13.2. The number of carboxylic acid groups (broad SMARTS) is 1. The second kappa shape index (κ2) is 8.39. The van der Waals surface area contributed by atoms with Gasteiger partial charge >= 0.3 is 12.1 Å². The molecule has 0 saturated heterocycles. The summed E-state index contributed by atoms with van der Waals surface area (Å²) < 4.78 is 63.3. The minimum Gasteiger partial charge on any atom is -0.480 e. The van der Waals surface area contributed by atoms with E-state index < -0.39 is 33.3 Å². The van der Waals surface area contributed by atoms with Gasteiger partial charge in [0.1, 0.15) is 5.75 Å². The molecule has 1 N–H and O–H groups in total. The van der Waals surface area contributed by atoms with Crippen LogP contribution in [0.25, 0.3) is 0 Å². The Labute approximate surface area is 150 Å². The Hall–Kier alpha value is -1.61. The van der Waals surface area contributed by atoms with Crippen LogP contribution >= 0.6 is 0 Å². The summed E-state index contributed by atoms with van der Waals surface area (Å²) in [6, 6.07) is 5.28. The summed E-state index contributed by atoms with van der Waals surface area (Å²) in [7, 11) is -3.80. The Morgan fingerprint density at radius 1 is 1.19 bits per heavy atom. The van der Waals surface area contributed by atoms with E-state index in [-0.39, 0.29) is 30.4 Å². The van der Waals surface area contributed by atoms with Crippen LogP contribution in [0.3, 0.4) is 0 Å². The second-order valence-electron chi connectivity index (χ2n) is 6.55. The van der Waals surface area contributed by atoms with Gasteiger partial charge in [0.05, 0.1) is 11.3 Å². The summed E-state index contributed by atoms with van der Waals surface area (Å²) in [5.41, 5.74) is -0.626. The molecule has 1 saturated carbocycles. The van der Waals surface area contributed by atoms with Gasteiger partial charge in [0.2, 0.25) is 0 Å². The van der Waals surface area contributed by atoms with Gasteiger partial charge in [0.15, 0.2) is 9.84 Å². The number of hydrogen-bond acceptors (Lipinski definition) is 4. The molecule has 0 amide bonds. The lowest BCUT2D eigenvalue weighted by Gasteiger charge is -2.29. The van der Waals surface area contributed by atoms with Gasteiger partial charge in [-0.15, -0.1) is 0 Å². The molecule has 0 unspecified atom stereocenters. The first kappa shape index (κ1) is 20.7. The molecule has 0 atom stereocenters. The number of aliphatic carboxylic acids is 1. The van der Waals surface area contributed by atoms with E-state index in [0.29, 0.717) is 0 Å². The van der Waals surface area contributed by atoms with Crippen molar-refractivity contribution in [2.75, 3.05) is 18.1 Å². The highest BCUT2D eigenvalue weighted by Crippen LogP contribution is 2.33. The Kier molecular flexibility index (Phi) is 6.68. The van der Waals surface area contributed by atoms with Crippen LogP contribution in [-0.2, 0) is 27.4 Å². The number of carbonyl (C=O) groups is 1. The number of nitrogens with zero attached hydrogens (tertiary/aromatic N) is 1. The summed E-state index contributed by atoms with van der Waals surface area (Å²) in [5, 5.41) is 8.67. The summed E-state index contributed by atoms with van der Waals surface area (Å²) >= 11 is 0. The fourth-order valence-corrected chi connectivity index (χ4v) is 4.36. The molecule has 2 rings (SSSR count). The van der Waals surface area contributed by atoms with Crippen LogP contribution in [0.1, 0.15) is 36.8 Å². The average Bonchev–Trinajstić information content (AvgIpc) is 3.04. The van der Waals surface area contributed by atoms with Gasteiger partial charge in [-0.25, -0.2) is 8.42 Å². The van der Waals surface area contributed by atoms with Crippen LogP contribution in [0.2, 0.25) is 0 Å². The number of alkyl halides is 3. The van der Waals surface area contributed by atoms with E-state index in [1.807, 2.05) is 0 Å². The average molecular weight is 393 g/mol. The van der Waals surface area contributed by atoms with E-state index >= 15 is 0 Å². The Balaban J connectivity index is 2.18. The predicted octanol–water partition coefficient (Wildman–Crippen LogP) is 2.95. The van der Waals surface area contributed by atoms with Crippen LogP contribution in [-0.4, -0.2) is 48.5 Å². The van der Waals surface area contributed by atoms with E-state index in [1.54, 1.807) is 4.90 Å². The first-order valence-electron chi connectivity index (χ1n) is 8.40. The van der Waals surface area contributed by atoms with Crippen LogP contribution in [0.15, 0.2) is 24.3 Å². The van der Waals surface area contributed by atoms with Gasteiger partial charge in [-0.3, -0.25) is 9.69 Å². The third-order valence-corrected chi connectivity index (χ3v) is 6.06. The van der Waals surface area contributed by atoms with Crippen LogP contribution in [0.5, 0.6) is 0 Å². The van der Waals surface area contributed by atoms with Crippen molar-refractivity contribution in [3.05, 3.63) is 35.4 Å². The fraction of sp³-hybridized carbons (Fsp3) is 0.588. The number of hydrogen-bond donors (Lipinski definition) is 1. The van der Waals surface area contributed by atoms with E-state index in [1.165, 1.54) is 18.2 Å². The Morgan fingerprint density at radius 2 is 1.81 bits per heavy atom. The monoisotopic (exact) mass is 393 g/mol. The van der Waals surface area contributed by atoms with E-state index in [4.69, 9.17) is 5.11 Å². The zero-order valence-electron chi connectivity index (χ0n) is 14.2. The predicted molar refractivity (Wildman–Crippen MR) is 90.4 cm³/mol. The fourth-order valence-electron chi connectivity index (χ4n) is 3.33. The molecule has 26 heavy (non-hydrogen) atoms. The summed E-state index contributed by atoms with van der Waals surface area (Å²) in [6.45, 7) is 0.00934. The molecular weight excluding hydrogens is 371 g/mol. The minimum absolute atomic E-state index is 0.0105. The largest absolute Gasteiger partial charge is 0.480 e.